The van der Waals surface area contributed by atoms with Gasteiger partial charge in [-0.3, -0.25) is 9.78 Å². The van der Waals surface area contributed by atoms with Gasteiger partial charge in [-0.15, -0.1) is 0 Å². The zero-order chi connectivity index (χ0) is 18.6. The van der Waals surface area contributed by atoms with Gasteiger partial charge in [0.1, 0.15) is 11.9 Å². The van der Waals surface area contributed by atoms with Gasteiger partial charge in [0, 0.05) is 24.3 Å². The van der Waals surface area contributed by atoms with E-state index in [1.165, 1.54) is 6.08 Å². The third-order valence-electron chi connectivity index (χ3n) is 4.30. The van der Waals surface area contributed by atoms with E-state index in [2.05, 4.69) is 27.8 Å². The summed E-state index contributed by atoms with van der Waals surface area (Å²) >= 11 is 8.07. The first-order valence-electron chi connectivity index (χ1n) is 8.57. The number of hydrogen-bond acceptors (Lipinski definition) is 4. The van der Waals surface area contributed by atoms with Crippen LogP contribution in [0.4, 0.5) is 0 Å². The molecule has 1 aliphatic rings. The fourth-order valence-corrected chi connectivity index (χ4v) is 3.95. The second kappa shape index (κ2) is 7.94. The van der Waals surface area contributed by atoms with Gasteiger partial charge in [0.2, 0.25) is 5.91 Å². The predicted molar refractivity (Wildman–Crippen MR) is 109 cm³/mol. The molecule has 1 N–H and O–H groups in total. The molecule has 0 fully saturated rings. The van der Waals surface area contributed by atoms with Crippen LogP contribution in [0.25, 0.3) is 17.2 Å². The molecule has 1 aromatic carbocycles. The molecule has 1 amide bonds. The van der Waals surface area contributed by atoms with Gasteiger partial charge in [-0.1, -0.05) is 17.7 Å². The standard InChI is InChI=1S/C21H17ClN2O2S/c22-19-11-15(14-6-8-27-13-14)9-16-10-18(26-21(16)19)12-24-20(25)5-4-17-3-1-2-7-23-17/h1-9,11,13,18H,10,12H2,(H,24,25)/b5-4+. The van der Waals surface area contributed by atoms with Crippen molar-refractivity contribution >= 4 is 34.9 Å². The zero-order valence-electron chi connectivity index (χ0n) is 14.4. The summed E-state index contributed by atoms with van der Waals surface area (Å²) in [6.07, 6.45) is 5.45. The molecule has 27 heavy (non-hydrogen) atoms. The fraction of sp³-hybridized carbons (Fsp3) is 0.143. The Labute approximate surface area is 166 Å². The molecule has 4 rings (SSSR count). The van der Waals surface area contributed by atoms with E-state index >= 15 is 0 Å². The van der Waals surface area contributed by atoms with Crippen molar-refractivity contribution in [3.63, 3.8) is 0 Å². The second-order valence-electron chi connectivity index (χ2n) is 6.24. The second-order valence-corrected chi connectivity index (χ2v) is 7.42. The number of aromatic nitrogens is 1. The number of rotatable bonds is 5. The molecule has 0 saturated heterocycles. The molecule has 3 aromatic rings. The summed E-state index contributed by atoms with van der Waals surface area (Å²) in [6, 6.07) is 11.7. The highest BCUT2D eigenvalue weighted by atomic mass is 35.5. The summed E-state index contributed by atoms with van der Waals surface area (Å²) in [4.78, 5) is 16.2. The highest BCUT2D eigenvalue weighted by Gasteiger charge is 2.26. The lowest BCUT2D eigenvalue weighted by molar-refractivity contribution is -0.116. The minimum atomic E-state index is -0.176. The number of benzene rings is 1. The molecule has 0 radical (unpaired) electrons. The number of nitrogens with zero attached hydrogens (tertiary/aromatic N) is 1. The Bertz CT molecular complexity index is 971. The minimum Gasteiger partial charge on any atom is -0.486 e. The highest BCUT2D eigenvalue weighted by Crippen LogP contribution is 2.39. The van der Waals surface area contributed by atoms with E-state index < -0.39 is 0 Å². The third kappa shape index (κ3) is 4.21. The van der Waals surface area contributed by atoms with Crippen LogP contribution < -0.4 is 10.1 Å². The van der Waals surface area contributed by atoms with E-state index in [9.17, 15) is 4.79 Å². The molecule has 4 nitrogen and oxygen atoms in total. The Hall–Kier alpha value is -2.63. The Balaban J connectivity index is 1.37. The Morgan fingerprint density at radius 1 is 1.33 bits per heavy atom. The van der Waals surface area contributed by atoms with Crippen molar-refractivity contribution in [1.29, 1.82) is 0 Å². The molecule has 0 saturated carbocycles. The number of amides is 1. The smallest absolute Gasteiger partial charge is 0.244 e. The molecule has 1 unspecified atom stereocenters. The summed E-state index contributed by atoms with van der Waals surface area (Å²) in [6.45, 7) is 0.421. The normalized spacial score (nSPS) is 15.5. The van der Waals surface area contributed by atoms with Gasteiger partial charge in [0.15, 0.2) is 0 Å². The van der Waals surface area contributed by atoms with Crippen LogP contribution in [0, 0.1) is 0 Å². The van der Waals surface area contributed by atoms with Gasteiger partial charge in [-0.25, -0.2) is 0 Å². The maximum Gasteiger partial charge on any atom is 0.244 e. The Morgan fingerprint density at radius 3 is 3.04 bits per heavy atom. The molecule has 136 valence electrons. The summed E-state index contributed by atoms with van der Waals surface area (Å²) in [5, 5.41) is 7.62. The molecular weight excluding hydrogens is 380 g/mol. The molecule has 0 bridgehead atoms. The molecule has 2 aromatic heterocycles. The van der Waals surface area contributed by atoms with E-state index in [1.807, 2.05) is 29.6 Å². The average Bonchev–Trinajstić information content (AvgIpc) is 3.35. The van der Waals surface area contributed by atoms with Crippen molar-refractivity contribution in [3.8, 4) is 16.9 Å². The van der Waals surface area contributed by atoms with Crippen molar-refractivity contribution < 1.29 is 9.53 Å². The van der Waals surface area contributed by atoms with Crippen LogP contribution >= 0.6 is 22.9 Å². The largest absolute Gasteiger partial charge is 0.486 e. The van der Waals surface area contributed by atoms with Crippen LogP contribution in [0.2, 0.25) is 5.02 Å². The number of carbonyl (C=O) groups excluding carboxylic acids is 1. The lowest BCUT2D eigenvalue weighted by Crippen LogP contribution is -2.33. The van der Waals surface area contributed by atoms with E-state index in [4.69, 9.17) is 16.3 Å². The first-order valence-corrected chi connectivity index (χ1v) is 9.90. The SMILES string of the molecule is O=C(/C=C/c1ccccn1)NCC1Cc2cc(-c3ccsc3)cc(Cl)c2O1. The van der Waals surface area contributed by atoms with E-state index in [1.54, 1.807) is 23.6 Å². The highest BCUT2D eigenvalue weighted by molar-refractivity contribution is 7.08. The van der Waals surface area contributed by atoms with Crippen molar-refractivity contribution in [2.75, 3.05) is 6.54 Å². The van der Waals surface area contributed by atoms with E-state index in [-0.39, 0.29) is 12.0 Å². The van der Waals surface area contributed by atoms with Crippen LogP contribution in [0.5, 0.6) is 5.75 Å². The summed E-state index contributed by atoms with van der Waals surface area (Å²) in [5.74, 6) is 0.546. The number of thiophene rings is 1. The number of carbonyl (C=O) groups is 1. The number of halogens is 1. The average molecular weight is 397 g/mol. The van der Waals surface area contributed by atoms with E-state index in [0.717, 1.165) is 34.6 Å². The molecular formula is C21H17ClN2O2S. The fourth-order valence-electron chi connectivity index (χ4n) is 3.01. The van der Waals surface area contributed by atoms with Crippen LogP contribution in [-0.4, -0.2) is 23.5 Å². The zero-order valence-corrected chi connectivity index (χ0v) is 16.0. The summed E-state index contributed by atoms with van der Waals surface area (Å²) in [7, 11) is 0. The summed E-state index contributed by atoms with van der Waals surface area (Å²) in [5.41, 5.74) is 4.06. The lowest BCUT2D eigenvalue weighted by atomic mass is 10.0. The Kier molecular flexibility index (Phi) is 5.23. The number of hydrogen-bond donors (Lipinski definition) is 1. The number of nitrogens with one attached hydrogen (secondary N) is 1. The molecule has 0 spiro atoms. The van der Waals surface area contributed by atoms with Crippen molar-refractivity contribution in [3.05, 3.63) is 75.7 Å². The number of ether oxygens (including phenoxy) is 1. The summed E-state index contributed by atoms with van der Waals surface area (Å²) < 4.78 is 5.94. The molecule has 1 atom stereocenters. The first-order chi connectivity index (χ1) is 13.2. The van der Waals surface area contributed by atoms with E-state index in [0.29, 0.717) is 11.6 Å². The van der Waals surface area contributed by atoms with Crippen molar-refractivity contribution in [1.82, 2.24) is 10.3 Å². The quantitative estimate of drug-likeness (QED) is 0.641. The van der Waals surface area contributed by atoms with Gasteiger partial charge in [-0.2, -0.15) is 11.3 Å². The molecule has 0 aliphatic carbocycles. The van der Waals surface area contributed by atoms with Gasteiger partial charge in [-0.05, 0) is 58.3 Å². The van der Waals surface area contributed by atoms with Gasteiger partial charge in [0.05, 0.1) is 17.3 Å². The van der Waals surface area contributed by atoms with Crippen LogP contribution in [0.1, 0.15) is 11.3 Å². The van der Waals surface area contributed by atoms with Crippen molar-refractivity contribution in [2.45, 2.75) is 12.5 Å². The van der Waals surface area contributed by atoms with Gasteiger partial charge < -0.3 is 10.1 Å². The van der Waals surface area contributed by atoms with Gasteiger partial charge in [0.25, 0.3) is 0 Å². The maximum absolute atomic E-state index is 12.0. The molecule has 6 heteroatoms. The minimum absolute atomic E-state index is 0.123. The molecule has 3 heterocycles. The maximum atomic E-state index is 12.0. The van der Waals surface area contributed by atoms with Crippen LogP contribution in [0.15, 0.2) is 59.4 Å². The monoisotopic (exact) mass is 396 g/mol. The molecule has 1 aliphatic heterocycles. The lowest BCUT2D eigenvalue weighted by Gasteiger charge is -2.11. The van der Waals surface area contributed by atoms with Crippen LogP contribution in [-0.2, 0) is 11.2 Å². The number of pyridine rings is 1. The van der Waals surface area contributed by atoms with Crippen LogP contribution in [0.3, 0.4) is 0 Å². The Morgan fingerprint density at radius 2 is 2.26 bits per heavy atom. The first kappa shape index (κ1) is 17.8. The van der Waals surface area contributed by atoms with Crippen molar-refractivity contribution in [2.24, 2.45) is 0 Å². The van der Waals surface area contributed by atoms with Gasteiger partial charge >= 0.3 is 0 Å². The topological polar surface area (TPSA) is 51.2 Å². The predicted octanol–water partition coefficient (Wildman–Crippen LogP) is 4.60. The third-order valence-corrected chi connectivity index (χ3v) is 5.27. The number of fused-ring (bicyclic) bond motifs is 1.